The summed E-state index contributed by atoms with van der Waals surface area (Å²) in [6.45, 7) is 5.12. The minimum Gasteiger partial charge on any atom is -0.352 e. The number of carbonyl (C=O) groups is 1. The van der Waals surface area contributed by atoms with Crippen molar-refractivity contribution in [2.75, 3.05) is 6.54 Å². The molecule has 2 fully saturated rings. The molecule has 1 unspecified atom stereocenters. The van der Waals surface area contributed by atoms with E-state index in [9.17, 15) is 4.79 Å². The molecule has 3 rings (SSSR count). The van der Waals surface area contributed by atoms with Gasteiger partial charge in [0.1, 0.15) is 6.23 Å². The van der Waals surface area contributed by atoms with Gasteiger partial charge in [0.15, 0.2) is 0 Å². The van der Waals surface area contributed by atoms with Crippen LogP contribution in [0.4, 0.5) is 0 Å². The lowest BCUT2D eigenvalue weighted by atomic mass is 9.76. The monoisotopic (exact) mass is 235 g/mol. The first-order valence-electron chi connectivity index (χ1n) is 6.70. The largest absolute Gasteiger partial charge is 0.352 e. The van der Waals surface area contributed by atoms with E-state index in [0.29, 0.717) is 11.8 Å². The quantitative estimate of drug-likeness (QED) is 0.603. The molecule has 0 aromatic heterocycles. The molecule has 0 spiro atoms. The summed E-state index contributed by atoms with van der Waals surface area (Å²) in [5.74, 6) is 1.05. The van der Waals surface area contributed by atoms with E-state index in [-0.39, 0.29) is 17.7 Å². The Morgan fingerprint density at radius 2 is 2.12 bits per heavy atom. The Bertz CT molecular complexity index is 361. The van der Waals surface area contributed by atoms with Gasteiger partial charge in [-0.3, -0.25) is 4.79 Å². The van der Waals surface area contributed by atoms with Gasteiger partial charge >= 0.3 is 0 Å². The zero-order valence-electron chi connectivity index (χ0n) is 10.7. The van der Waals surface area contributed by atoms with Crippen LogP contribution < -0.4 is 0 Å². The Hall–Kier alpha value is -0.830. The average molecular weight is 235 g/mol. The predicted molar refractivity (Wildman–Crippen MR) is 65.3 cm³/mol. The van der Waals surface area contributed by atoms with Crippen molar-refractivity contribution in [2.45, 2.75) is 51.4 Å². The Kier molecular flexibility index (Phi) is 2.54. The van der Waals surface area contributed by atoms with Crippen molar-refractivity contribution in [1.29, 1.82) is 0 Å². The maximum atomic E-state index is 12.4. The molecular formula is C14H21NO2. The Morgan fingerprint density at radius 3 is 2.94 bits per heavy atom. The number of allylic oxidation sites excluding steroid dienone is 2. The first-order chi connectivity index (χ1) is 8.07. The van der Waals surface area contributed by atoms with Crippen molar-refractivity contribution in [2.24, 2.45) is 11.8 Å². The summed E-state index contributed by atoms with van der Waals surface area (Å²) in [7, 11) is 0. The van der Waals surface area contributed by atoms with Crippen LogP contribution in [0.3, 0.4) is 0 Å². The van der Waals surface area contributed by atoms with Crippen LogP contribution in [-0.4, -0.2) is 29.2 Å². The van der Waals surface area contributed by atoms with Gasteiger partial charge in [-0.2, -0.15) is 0 Å². The highest BCUT2D eigenvalue weighted by Gasteiger charge is 2.46. The SMILES string of the molecule is CC1(C)CCN2C(=O)[C@@H]3CC=CC[C@H]3CC2O1. The molecule has 1 amide bonds. The molecule has 0 saturated carbocycles. The predicted octanol–water partition coefficient (Wildman–Crippen LogP) is 2.33. The van der Waals surface area contributed by atoms with Crippen LogP contribution in [0.25, 0.3) is 0 Å². The summed E-state index contributed by atoms with van der Waals surface area (Å²) < 4.78 is 6.08. The maximum Gasteiger partial charge on any atom is 0.228 e. The van der Waals surface area contributed by atoms with E-state index >= 15 is 0 Å². The zero-order chi connectivity index (χ0) is 12.0. The molecule has 3 aliphatic rings. The molecule has 2 saturated heterocycles. The van der Waals surface area contributed by atoms with E-state index in [1.165, 1.54) is 0 Å². The molecule has 17 heavy (non-hydrogen) atoms. The van der Waals surface area contributed by atoms with Crippen LogP contribution in [-0.2, 0) is 9.53 Å². The van der Waals surface area contributed by atoms with E-state index < -0.39 is 0 Å². The van der Waals surface area contributed by atoms with Gasteiger partial charge in [-0.15, -0.1) is 0 Å². The number of carbonyl (C=O) groups excluding carboxylic acids is 1. The van der Waals surface area contributed by atoms with Crippen molar-refractivity contribution in [3.63, 3.8) is 0 Å². The summed E-state index contributed by atoms with van der Waals surface area (Å²) in [5.41, 5.74) is -0.0706. The number of piperidine rings is 1. The summed E-state index contributed by atoms with van der Waals surface area (Å²) in [6.07, 6.45) is 8.35. The highest BCUT2D eigenvalue weighted by Crippen LogP contribution is 2.40. The molecule has 3 nitrogen and oxygen atoms in total. The molecule has 1 aliphatic carbocycles. The zero-order valence-corrected chi connectivity index (χ0v) is 10.7. The fourth-order valence-electron chi connectivity index (χ4n) is 3.36. The van der Waals surface area contributed by atoms with Gasteiger partial charge in [0, 0.05) is 12.5 Å². The molecule has 0 aromatic carbocycles. The highest BCUT2D eigenvalue weighted by atomic mass is 16.5. The topological polar surface area (TPSA) is 29.5 Å². The normalized spacial score (nSPS) is 39.8. The smallest absolute Gasteiger partial charge is 0.228 e. The van der Waals surface area contributed by atoms with Gasteiger partial charge in [-0.25, -0.2) is 0 Å². The fourth-order valence-corrected chi connectivity index (χ4v) is 3.36. The van der Waals surface area contributed by atoms with Gasteiger partial charge in [-0.05, 0) is 45.4 Å². The van der Waals surface area contributed by atoms with E-state index in [4.69, 9.17) is 4.74 Å². The van der Waals surface area contributed by atoms with Crippen LogP contribution in [0.2, 0.25) is 0 Å². The third-order valence-electron chi connectivity index (χ3n) is 4.43. The fraction of sp³-hybridized carbons (Fsp3) is 0.786. The lowest BCUT2D eigenvalue weighted by Crippen LogP contribution is -2.59. The van der Waals surface area contributed by atoms with Gasteiger partial charge in [0.05, 0.1) is 5.60 Å². The molecule has 2 aliphatic heterocycles. The first kappa shape index (κ1) is 11.3. The molecule has 0 radical (unpaired) electrons. The van der Waals surface area contributed by atoms with Gasteiger partial charge in [0.2, 0.25) is 5.91 Å². The molecular weight excluding hydrogens is 214 g/mol. The number of nitrogens with zero attached hydrogens (tertiary/aromatic N) is 1. The van der Waals surface area contributed by atoms with Gasteiger partial charge < -0.3 is 9.64 Å². The Morgan fingerprint density at radius 1 is 1.35 bits per heavy atom. The summed E-state index contributed by atoms with van der Waals surface area (Å²) >= 11 is 0. The third-order valence-corrected chi connectivity index (χ3v) is 4.43. The molecule has 3 heteroatoms. The second kappa shape index (κ2) is 3.84. The molecule has 2 heterocycles. The van der Waals surface area contributed by atoms with Crippen molar-refractivity contribution >= 4 is 5.91 Å². The molecule has 3 atom stereocenters. The van der Waals surface area contributed by atoms with Crippen LogP contribution in [0.5, 0.6) is 0 Å². The number of hydrogen-bond acceptors (Lipinski definition) is 2. The van der Waals surface area contributed by atoms with E-state index in [1.54, 1.807) is 0 Å². The van der Waals surface area contributed by atoms with E-state index in [2.05, 4.69) is 26.0 Å². The first-order valence-corrected chi connectivity index (χ1v) is 6.70. The summed E-state index contributed by atoms with van der Waals surface area (Å²) in [4.78, 5) is 14.4. The minimum atomic E-state index is -0.0706. The number of hydrogen-bond donors (Lipinski definition) is 0. The van der Waals surface area contributed by atoms with Crippen LogP contribution in [0, 0.1) is 11.8 Å². The summed E-state index contributed by atoms with van der Waals surface area (Å²) in [5, 5.41) is 0. The second-order valence-electron chi connectivity index (χ2n) is 6.16. The lowest BCUT2D eigenvalue weighted by Gasteiger charge is -2.50. The molecule has 0 N–H and O–H groups in total. The Balaban J connectivity index is 1.81. The second-order valence-corrected chi connectivity index (χ2v) is 6.16. The van der Waals surface area contributed by atoms with Crippen molar-refractivity contribution in [1.82, 2.24) is 4.90 Å². The van der Waals surface area contributed by atoms with E-state index in [0.717, 1.165) is 32.2 Å². The van der Waals surface area contributed by atoms with Crippen molar-refractivity contribution < 1.29 is 9.53 Å². The van der Waals surface area contributed by atoms with E-state index in [1.807, 2.05) is 4.90 Å². The standard InChI is InChI=1S/C14H21NO2/c1-14(2)7-8-15-12(17-14)9-10-5-3-4-6-11(10)13(15)16/h3-4,10-12H,5-9H2,1-2H3/t10-,11+,12?/m0/s1. The number of fused-ring (bicyclic) bond motifs is 2. The van der Waals surface area contributed by atoms with Crippen molar-refractivity contribution in [3.05, 3.63) is 12.2 Å². The van der Waals surface area contributed by atoms with Crippen LogP contribution in [0.1, 0.15) is 39.5 Å². The minimum absolute atomic E-state index is 0.0269. The molecule has 0 aromatic rings. The molecule has 94 valence electrons. The third kappa shape index (κ3) is 1.90. The van der Waals surface area contributed by atoms with Crippen LogP contribution in [0.15, 0.2) is 12.2 Å². The highest BCUT2D eigenvalue weighted by molar-refractivity contribution is 5.80. The number of rotatable bonds is 0. The number of ether oxygens (including phenoxy) is 1. The maximum absolute atomic E-state index is 12.4. The van der Waals surface area contributed by atoms with Gasteiger partial charge in [0.25, 0.3) is 0 Å². The van der Waals surface area contributed by atoms with Gasteiger partial charge in [-0.1, -0.05) is 12.2 Å². The number of amides is 1. The Labute approximate surface area is 103 Å². The average Bonchev–Trinajstić information content (AvgIpc) is 2.27. The van der Waals surface area contributed by atoms with Crippen LogP contribution >= 0.6 is 0 Å². The van der Waals surface area contributed by atoms with Crippen molar-refractivity contribution in [3.8, 4) is 0 Å². The lowest BCUT2D eigenvalue weighted by molar-refractivity contribution is -0.210. The summed E-state index contributed by atoms with van der Waals surface area (Å²) in [6, 6.07) is 0. The molecule has 0 bridgehead atoms.